The van der Waals surface area contributed by atoms with Crippen LogP contribution in [0, 0.1) is 0 Å². The minimum Gasteiger partial charge on any atom is -0.337 e. The fourth-order valence-corrected chi connectivity index (χ4v) is 2.13. The van der Waals surface area contributed by atoms with E-state index in [1.807, 2.05) is 30.3 Å². The Hall–Kier alpha value is -1.03. The highest BCUT2D eigenvalue weighted by atomic mass is 32.2. The number of carbonyl (C=O) groups is 1. The van der Waals surface area contributed by atoms with Crippen LogP contribution in [0.3, 0.4) is 0 Å². The van der Waals surface area contributed by atoms with E-state index in [2.05, 4.69) is 5.32 Å². The molecule has 1 aromatic rings. The predicted molar refractivity (Wildman–Crippen MR) is 49.8 cm³/mol. The van der Waals surface area contributed by atoms with Gasteiger partial charge >= 0.3 is 0 Å². The van der Waals surface area contributed by atoms with Gasteiger partial charge < -0.3 is 5.32 Å². The number of rotatable bonds is 1. The first-order valence-corrected chi connectivity index (χ1v) is 4.86. The van der Waals surface area contributed by atoms with Gasteiger partial charge in [-0.2, -0.15) is 0 Å². The maximum absolute atomic E-state index is 12.8. The van der Waals surface area contributed by atoms with Crippen LogP contribution in [0.15, 0.2) is 30.3 Å². The number of nitrogens with one attached hydrogen (secondary N) is 1. The summed E-state index contributed by atoms with van der Waals surface area (Å²) in [5.74, 6) is -0.529. The molecule has 0 spiro atoms. The third-order valence-electron chi connectivity index (χ3n) is 1.84. The largest absolute Gasteiger partial charge is 0.337 e. The van der Waals surface area contributed by atoms with Crippen LogP contribution in [0.5, 0.6) is 0 Å². The molecule has 2 atom stereocenters. The Morgan fingerprint density at radius 3 is 2.54 bits per heavy atom. The third-order valence-corrected chi connectivity index (χ3v) is 2.95. The molecular formula is C9H8FNOS. The number of halogens is 1. The summed E-state index contributed by atoms with van der Waals surface area (Å²) in [5.41, 5.74) is -0.494. The fourth-order valence-electron chi connectivity index (χ4n) is 1.20. The molecule has 0 unspecified atom stereocenters. The van der Waals surface area contributed by atoms with Gasteiger partial charge in [-0.25, -0.2) is 4.39 Å². The van der Waals surface area contributed by atoms with Crippen LogP contribution in [0.2, 0.25) is 0 Å². The van der Waals surface area contributed by atoms with Gasteiger partial charge in [0, 0.05) is 0 Å². The maximum atomic E-state index is 12.8. The SMILES string of the molecule is O=C1N[C@@H](c2ccccc2)S[C@@H]1F. The highest BCUT2D eigenvalue weighted by molar-refractivity contribution is 8.01. The van der Waals surface area contributed by atoms with E-state index in [4.69, 9.17) is 0 Å². The van der Waals surface area contributed by atoms with Crippen LogP contribution < -0.4 is 5.32 Å². The second-order valence-corrected chi connectivity index (χ2v) is 3.91. The van der Waals surface area contributed by atoms with Gasteiger partial charge in [-0.3, -0.25) is 4.79 Å². The summed E-state index contributed by atoms with van der Waals surface area (Å²) < 4.78 is 12.8. The molecule has 1 heterocycles. The minimum absolute atomic E-state index is 0.233. The topological polar surface area (TPSA) is 29.1 Å². The highest BCUT2D eigenvalue weighted by Gasteiger charge is 2.33. The molecule has 13 heavy (non-hydrogen) atoms. The number of carbonyl (C=O) groups excluding carboxylic acids is 1. The zero-order chi connectivity index (χ0) is 9.26. The Bertz CT molecular complexity index is 317. The van der Waals surface area contributed by atoms with Crippen LogP contribution in [0.1, 0.15) is 10.9 Å². The summed E-state index contributed by atoms with van der Waals surface area (Å²) >= 11 is 0.999. The summed E-state index contributed by atoms with van der Waals surface area (Å²) in [4.78, 5) is 10.9. The molecule has 0 aliphatic carbocycles. The van der Waals surface area contributed by atoms with Crippen LogP contribution in [-0.4, -0.2) is 11.4 Å². The van der Waals surface area contributed by atoms with Crippen molar-refractivity contribution < 1.29 is 9.18 Å². The molecule has 68 valence electrons. The average Bonchev–Trinajstić information content (AvgIpc) is 2.49. The first-order chi connectivity index (χ1) is 6.27. The molecule has 0 radical (unpaired) electrons. The monoisotopic (exact) mass is 197 g/mol. The Balaban J connectivity index is 2.17. The van der Waals surface area contributed by atoms with E-state index in [1.165, 1.54) is 0 Å². The van der Waals surface area contributed by atoms with Gasteiger partial charge in [0.15, 0.2) is 0 Å². The zero-order valence-corrected chi connectivity index (χ0v) is 7.55. The second-order valence-electron chi connectivity index (χ2n) is 2.75. The third kappa shape index (κ3) is 1.67. The molecule has 1 fully saturated rings. The summed E-state index contributed by atoms with van der Waals surface area (Å²) in [5, 5.41) is 2.34. The number of hydrogen-bond donors (Lipinski definition) is 1. The van der Waals surface area contributed by atoms with E-state index < -0.39 is 11.4 Å². The van der Waals surface area contributed by atoms with E-state index >= 15 is 0 Å². The molecule has 1 aliphatic rings. The minimum atomic E-state index is -1.43. The molecule has 4 heteroatoms. The smallest absolute Gasteiger partial charge is 0.266 e. The molecule has 2 nitrogen and oxygen atoms in total. The Kier molecular flexibility index (Phi) is 2.22. The van der Waals surface area contributed by atoms with Crippen LogP contribution in [-0.2, 0) is 4.79 Å². The van der Waals surface area contributed by atoms with Crippen molar-refractivity contribution in [2.24, 2.45) is 0 Å². The molecule has 0 saturated carbocycles. The molecular weight excluding hydrogens is 189 g/mol. The molecule has 1 aromatic carbocycles. The normalized spacial score (nSPS) is 27.3. The van der Waals surface area contributed by atoms with Crippen molar-refractivity contribution in [3.05, 3.63) is 35.9 Å². The standard InChI is InChI=1S/C9H8FNOS/c10-7-8(12)11-9(13-7)6-4-2-1-3-5-6/h1-5,7,9H,(H,11,12)/t7-,9+/m0/s1. The highest BCUT2D eigenvalue weighted by Crippen LogP contribution is 2.35. The molecule has 2 rings (SSSR count). The lowest BCUT2D eigenvalue weighted by molar-refractivity contribution is -0.122. The lowest BCUT2D eigenvalue weighted by atomic mass is 10.2. The molecule has 1 aliphatic heterocycles. The van der Waals surface area contributed by atoms with Crippen molar-refractivity contribution in [3.63, 3.8) is 0 Å². The Morgan fingerprint density at radius 2 is 2.00 bits per heavy atom. The van der Waals surface area contributed by atoms with Gasteiger partial charge in [0.2, 0.25) is 5.50 Å². The first kappa shape index (κ1) is 8.56. The Morgan fingerprint density at radius 1 is 1.31 bits per heavy atom. The molecule has 1 saturated heterocycles. The fraction of sp³-hybridized carbons (Fsp3) is 0.222. The van der Waals surface area contributed by atoms with Crippen molar-refractivity contribution in [3.8, 4) is 0 Å². The number of benzene rings is 1. The van der Waals surface area contributed by atoms with E-state index in [1.54, 1.807) is 0 Å². The van der Waals surface area contributed by atoms with E-state index in [9.17, 15) is 9.18 Å². The van der Waals surface area contributed by atoms with Crippen molar-refractivity contribution in [1.29, 1.82) is 0 Å². The van der Waals surface area contributed by atoms with E-state index in [-0.39, 0.29) is 5.37 Å². The van der Waals surface area contributed by atoms with Crippen LogP contribution >= 0.6 is 11.8 Å². The van der Waals surface area contributed by atoms with Crippen LogP contribution in [0.25, 0.3) is 0 Å². The summed E-state index contributed by atoms with van der Waals surface area (Å²) in [6.07, 6.45) is 0. The van der Waals surface area contributed by atoms with E-state index in [0.29, 0.717) is 0 Å². The average molecular weight is 197 g/mol. The van der Waals surface area contributed by atoms with Gasteiger partial charge in [0.1, 0.15) is 5.37 Å². The first-order valence-electron chi connectivity index (χ1n) is 3.92. The quantitative estimate of drug-likeness (QED) is 0.744. The number of hydrogen-bond acceptors (Lipinski definition) is 2. The molecule has 1 amide bonds. The van der Waals surface area contributed by atoms with Crippen molar-refractivity contribution in [2.75, 3.05) is 0 Å². The van der Waals surface area contributed by atoms with Crippen molar-refractivity contribution in [1.82, 2.24) is 5.32 Å². The Labute approximate surface area is 79.5 Å². The summed E-state index contributed by atoms with van der Waals surface area (Å²) in [6, 6.07) is 9.37. The zero-order valence-electron chi connectivity index (χ0n) is 6.74. The summed E-state index contributed by atoms with van der Waals surface area (Å²) in [7, 11) is 0. The van der Waals surface area contributed by atoms with Crippen molar-refractivity contribution in [2.45, 2.75) is 10.9 Å². The van der Waals surface area contributed by atoms with Gasteiger partial charge in [-0.05, 0) is 5.56 Å². The van der Waals surface area contributed by atoms with Gasteiger partial charge in [-0.1, -0.05) is 42.1 Å². The second kappa shape index (κ2) is 3.38. The van der Waals surface area contributed by atoms with Gasteiger partial charge in [-0.15, -0.1) is 0 Å². The molecule has 0 aromatic heterocycles. The summed E-state index contributed by atoms with van der Waals surface area (Å²) in [6.45, 7) is 0. The predicted octanol–water partition coefficient (Wildman–Crippen LogP) is 1.84. The molecule has 1 N–H and O–H groups in total. The number of thioether (sulfide) groups is 1. The lowest BCUT2D eigenvalue weighted by Gasteiger charge is -2.07. The van der Waals surface area contributed by atoms with Crippen LogP contribution in [0.4, 0.5) is 4.39 Å². The van der Waals surface area contributed by atoms with Gasteiger partial charge in [0.05, 0.1) is 0 Å². The number of amides is 1. The molecule has 0 bridgehead atoms. The number of alkyl halides is 1. The van der Waals surface area contributed by atoms with Gasteiger partial charge in [0.25, 0.3) is 5.91 Å². The van der Waals surface area contributed by atoms with Crippen molar-refractivity contribution >= 4 is 17.7 Å². The lowest BCUT2D eigenvalue weighted by Crippen LogP contribution is -2.21. The maximum Gasteiger partial charge on any atom is 0.266 e. The van der Waals surface area contributed by atoms with E-state index in [0.717, 1.165) is 17.3 Å².